The lowest BCUT2D eigenvalue weighted by Crippen LogP contribution is -2.16. The van der Waals surface area contributed by atoms with Crippen molar-refractivity contribution >= 4 is 0 Å². The van der Waals surface area contributed by atoms with Gasteiger partial charge in [-0.05, 0) is 37.2 Å². The summed E-state index contributed by atoms with van der Waals surface area (Å²) in [6, 6.07) is 12.4. The van der Waals surface area contributed by atoms with E-state index < -0.39 is 0 Å². The molecule has 0 saturated heterocycles. The van der Waals surface area contributed by atoms with Crippen LogP contribution in [0.4, 0.5) is 0 Å². The van der Waals surface area contributed by atoms with Crippen LogP contribution in [0.1, 0.15) is 25.5 Å². The van der Waals surface area contributed by atoms with Crippen molar-refractivity contribution in [1.82, 2.24) is 9.88 Å². The fourth-order valence-corrected chi connectivity index (χ4v) is 2.09. The van der Waals surface area contributed by atoms with E-state index in [1.807, 2.05) is 12.1 Å². The van der Waals surface area contributed by atoms with Gasteiger partial charge >= 0.3 is 0 Å². The van der Waals surface area contributed by atoms with Gasteiger partial charge in [-0.25, -0.2) is 0 Å². The topological polar surface area (TPSA) is 26.2 Å². The molecule has 0 radical (unpaired) electrons. The Morgan fingerprint density at radius 1 is 1.21 bits per heavy atom. The van der Waals surface area contributed by atoms with Gasteiger partial charge < -0.3 is 14.6 Å². The Labute approximate surface area is 115 Å². The smallest absolute Gasteiger partial charge is 0.120 e. The third-order valence-corrected chi connectivity index (χ3v) is 3.18. The Bertz CT molecular complexity index is 505. The maximum absolute atomic E-state index is 5.28. The number of nitrogens with one attached hydrogen (secondary N) is 1. The Hall–Kier alpha value is -1.74. The summed E-state index contributed by atoms with van der Waals surface area (Å²) in [5.74, 6) is 0.885. The molecule has 0 aliphatic carbocycles. The van der Waals surface area contributed by atoms with Crippen LogP contribution in [0.2, 0.25) is 0 Å². The van der Waals surface area contributed by atoms with Gasteiger partial charge in [-0.15, -0.1) is 0 Å². The van der Waals surface area contributed by atoms with E-state index in [9.17, 15) is 0 Å². The van der Waals surface area contributed by atoms with Crippen LogP contribution in [-0.2, 0) is 6.54 Å². The number of rotatable bonds is 7. The molecule has 3 heteroatoms. The number of unbranched alkanes of at least 4 members (excludes halogenated alkanes) is 1. The van der Waals surface area contributed by atoms with Crippen LogP contribution in [0.5, 0.6) is 5.75 Å². The van der Waals surface area contributed by atoms with Gasteiger partial charge in [0.25, 0.3) is 0 Å². The van der Waals surface area contributed by atoms with Gasteiger partial charge in [-0.2, -0.15) is 0 Å². The zero-order valence-corrected chi connectivity index (χ0v) is 11.7. The van der Waals surface area contributed by atoms with E-state index in [2.05, 4.69) is 47.3 Å². The molecule has 0 unspecified atom stereocenters. The van der Waals surface area contributed by atoms with Crippen molar-refractivity contribution in [1.29, 1.82) is 0 Å². The predicted octanol–water partition coefficient (Wildman–Crippen LogP) is 3.38. The molecule has 0 fully saturated rings. The standard InChI is InChI=1S/C16H22N2O/c1-3-4-10-17-13-15-8-6-11-18(15)14-7-5-9-16(12-14)19-2/h5-9,11-12,17H,3-4,10,13H2,1-2H3. The highest BCUT2D eigenvalue weighted by Crippen LogP contribution is 2.18. The zero-order valence-electron chi connectivity index (χ0n) is 11.7. The molecule has 1 heterocycles. The molecule has 0 bridgehead atoms. The van der Waals surface area contributed by atoms with Crippen LogP contribution in [0.15, 0.2) is 42.6 Å². The van der Waals surface area contributed by atoms with Gasteiger partial charge in [0.1, 0.15) is 5.75 Å². The normalized spacial score (nSPS) is 10.6. The van der Waals surface area contributed by atoms with Crippen molar-refractivity contribution in [3.8, 4) is 11.4 Å². The van der Waals surface area contributed by atoms with E-state index in [1.165, 1.54) is 18.5 Å². The summed E-state index contributed by atoms with van der Waals surface area (Å²) in [7, 11) is 1.70. The highest BCUT2D eigenvalue weighted by molar-refractivity contribution is 5.41. The van der Waals surface area contributed by atoms with Crippen molar-refractivity contribution in [3.05, 3.63) is 48.3 Å². The first-order chi connectivity index (χ1) is 9.35. The first kappa shape index (κ1) is 13.7. The number of benzene rings is 1. The molecule has 0 amide bonds. The van der Waals surface area contributed by atoms with Crippen LogP contribution in [0, 0.1) is 0 Å². The van der Waals surface area contributed by atoms with E-state index in [0.717, 1.165) is 24.5 Å². The van der Waals surface area contributed by atoms with Crippen molar-refractivity contribution in [2.75, 3.05) is 13.7 Å². The van der Waals surface area contributed by atoms with Gasteiger partial charge in [-0.3, -0.25) is 0 Å². The van der Waals surface area contributed by atoms with Crippen molar-refractivity contribution < 1.29 is 4.74 Å². The lowest BCUT2D eigenvalue weighted by Gasteiger charge is -2.11. The maximum Gasteiger partial charge on any atom is 0.120 e. The fraction of sp³-hybridized carbons (Fsp3) is 0.375. The van der Waals surface area contributed by atoms with Crippen LogP contribution in [0.3, 0.4) is 0 Å². The summed E-state index contributed by atoms with van der Waals surface area (Å²) in [6.45, 7) is 4.17. The zero-order chi connectivity index (χ0) is 13.5. The number of ether oxygens (including phenoxy) is 1. The molecule has 102 valence electrons. The number of hydrogen-bond acceptors (Lipinski definition) is 2. The Morgan fingerprint density at radius 3 is 2.89 bits per heavy atom. The summed E-state index contributed by atoms with van der Waals surface area (Å²) < 4.78 is 7.47. The first-order valence-corrected chi connectivity index (χ1v) is 6.86. The number of hydrogen-bond donors (Lipinski definition) is 1. The minimum absolute atomic E-state index is 0.885. The maximum atomic E-state index is 5.28. The molecule has 2 aromatic rings. The largest absolute Gasteiger partial charge is 0.497 e. The Balaban J connectivity index is 2.09. The molecule has 19 heavy (non-hydrogen) atoms. The monoisotopic (exact) mass is 258 g/mol. The minimum atomic E-state index is 0.885. The van der Waals surface area contributed by atoms with E-state index in [1.54, 1.807) is 7.11 Å². The fourth-order valence-electron chi connectivity index (χ4n) is 2.09. The van der Waals surface area contributed by atoms with E-state index in [0.29, 0.717) is 0 Å². The molecule has 0 spiro atoms. The third kappa shape index (κ3) is 3.61. The molecule has 1 aromatic carbocycles. The summed E-state index contributed by atoms with van der Waals surface area (Å²) in [5.41, 5.74) is 2.40. The number of aromatic nitrogens is 1. The van der Waals surface area contributed by atoms with Gasteiger partial charge in [0.05, 0.1) is 7.11 Å². The van der Waals surface area contributed by atoms with Gasteiger partial charge in [0.2, 0.25) is 0 Å². The molecule has 0 atom stereocenters. The Kier molecular flexibility index (Phi) is 5.04. The second kappa shape index (κ2) is 7.00. The molecule has 2 rings (SSSR count). The van der Waals surface area contributed by atoms with Crippen LogP contribution in [0.25, 0.3) is 5.69 Å². The van der Waals surface area contributed by atoms with Crippen LogP contribution < -0.4 is 10.1 Å². The quantitative estimate of drug-likeness (QED) is 0.771. The summed E-state index contributed by atoms with van der Waals surface area (Å²) >= 11 is 0. The van der Waals surface area contributed by atoms with Crippen LogP contribution >= 0.6 is 0 Å². The summed E-state index contributed by atoms with van der Waals surface area (Å²) in [5, 5.41) is 3.48. The molecular formula is C16H22N2O. The number of nitrogens with zero attached hydrogens (tertiary/aromatic N) is 1. The first-order valence-electron chi connectivity index (χ1n) is 6.86. The van der Waals surface area contributed by atoms with Gasteiger partial charge in [0, 0.05) is 30.2 Å². The SMILES string of the molecule is CCCCNCc1cccn1-c1cccc(OC)c1. The molecule has 0 saturated carbocycles. The van der Waals surface area contributed by atoms with Crippen LogP contribution in [-0.4, -0.2) is 18.2 Å². The summed E-state index contributed by atoms with van der Waals surface area (Å²) in [6.07, 6.45) is 4.54. The molecule has 0 aliphatic heterocycles. The van der Waals surface area contributed by atoms with E-state index in [-0.39, 0.29) is 0 Å². The lowest BCUT2D eigenvalue weighted by molar-refractivity contribution is 0.414. The average Bonchev–Trinajstić information content (AvgIpc) is 2.92. The van der Waals surface area contributed by atoms with E-state index >= 15 is 0 Å². The predicted molar refractivity (Wildman–Crippen MR) is 78.9 cm³/mol. The Morgan fingerprint density at radius 2 is 2.11 bits per heavy atom. The van der Waals surface area contributed by atoms with Crippen molar-refractivity contribution in [2.45, 2.75) is 26.3 Å². The second-order valence-corrected chi connectivity index (χ2v) is 4.60. The third-order valence-electron chi connectivity index (χ3n) is 3.18. The van der Waals surface area contributed by atoms with Crippen molar-refractivity contribution in [3.63, 3.8) is 0 Å². The highest BCUT2D eigenvalue weighted by Gasteiger charge is 2.03. The molecular weight excluding hydrogens is 236 g/mol. The lowest BCUT2D eigenvalue weighted by atomic mass is 10.3. The highest BCUT2D eigenvalue weighted by atomic mass is 16.5. The molecule has 1 N–H and O–H groups in total. The average molecular weight is 258 g/mol. The molecule has 1 aromatic heterocycles. The van der Waals surface area contributed by atoms with E-state index in [4.69, 9.17) is 4.74 Å². The minimum Gasteiger partial charge on any atom is -0.497 e. The molecule has 0 aliphatic rings. The molecule has 3 nitrogen and oxygen atoms in total. The van der Waals surface area contributed by atoms with Gasteiger partial charge in [-0.1, -0.05) is 19.4 Å². The van der Waals surface area contributed by atoms with Crippen molar-refractivity contribution in [2.24, 2.45) is 0 Å². The summed E-state index contributed by atoms with van der Waals surface area (Å²) in [4.78, 5) is 0. The van der Waals surface area contributed by atoms with Gasteiger partial charge in [0.15, 0.2) is 0 Å². The number of methoxy groups -OCH3 is 1. The second-order valence-electron chi connectivity index (χ2n) is 4.60.